The number of fused-ring (bicyclic) bond motifs is 2. The van der Waals surface area contributed by atoms with Gasteiger partial charge in [0.05, 0.1) is 6.33 Å². The van der Waals surface area contributed by atoms with E-state index in [1.165, 1.54) is 11.8 Å². The largest absolute Gasteiger partial charge is 0.454 e. The summed E-state index contributed by atoms with van der Waals surface area (Å²) in [7, 11) is 0. The molecule has 5 rings (SSSR count). The highest BCUT2D eigenvalue weighted by Gasteiger charge is 2.27. The Morgan fingerprint density at radius 2 is 2.11 bits per heavy atom. The van der Waals surface area contributed by atoms with Crippen LogP contribution in [-0.4, -0.2) is 56.0 Å². The van der Waals surface area contributed by atoms with Crippen LogP contribution in [0.3, 0.4) is 0 Å². The normalized spacial score (nSPS) is 17.6. The van der Waals surface area contributed by atoms with Crippen LogP contribution in [0.15, 0.2) is 33.0 Å². The van der Waals surface area contributed by atoms with E-state index in [4.69, 9.17) is 24.6 Å². The summed E-state index contributed by atoms with van der Waals surface area (Å²) in [5, 5.41) is 8.92. The predicted molar refractivity (Wildman–Crippen MR) is 137 cm³/mol. The molecule has 2 aliphatic heterocycles. The fourth-order valence-corrected chi connectivity index (χ4v) is 5.75. The number of aryl methyl sites for hydroxylation is 1. The summed E-state index contributed by atoms with van der Waals surface area (Å²) in [6, 6.07) is 3.80. The van der Waals surface area contributed by atoms with Crippen LogP contribution in [0.5, 0.6) is 11.5 Å². The Morgan fingerprint density at radius 3 is 2.89 bits per heavy atom. The fraction of sp³-hybridized carbons (Fsp3) is 0.500. The highest BCUT2D eigenvalue weighted by molar-refractivity contribution is 9.10. The molecule has 0 aliphatic carbocycles. The van der Waals surface area contributed by atoms with Crippen LogP contribution in [0.1, 0.15) is 40.0 Å². The van der Waals surface area contributed by atoms with Crippen molar-refractivity contribution < 1.29 is 19.0 Å². The van der Waals surface area contributed by atoms with Gasteiger partial charge in [0.2, 0.25) is 6.79 Å². The summed E-state index contributed by atoms with van der Waals surface area (Å²) in [5.74, 6) is 1.77. The van der Waals surface area contributed by atoms with Gasteiger partial charge in [0.25, 0.3) is 0 Å². The van der Waals surface area contributed by atoms with Crippen molar-refractivity contribution in [1.29, 1.82) is 5.41 Å². The maximum Gasteiger partial charge on any atom is 0.410 e. The molecule has 3 aromatic rings. The summed E-state index contributed by atoms with van der Waals surface area (Å²) in [4.78, 5) is 27.5. The lowest BCUT2D eigenvalue weighted by molar-refractivity contribution is 0.0159. The Bertz CT molecular complexity index is 1350. The second kappa shape index (κ2) is 9.97. The summed E-state index contributed by atoms with van der Waals surface area (Å²) < 4.78 is 19.3. The average molecular weight is 578 g/mol. The number of carbonyl (C=O) groups excluding carboxylic acids is 1. The van der Waals surface area contributed by atoms with Crippen molar-refractivity contribution >= 4 is 44.9 Å². The smallest absolute Gasteiger partial charge is 0.410 e. The van der Waals surface area contributed by atoms with Crippen LogP contribution in [0.4, 0.5) is 4.79 Å². The molecule has 0 radical (unpaired) electrons. The zero-order chi connectivity index (χ0) is 25.4. The molecule has 12 heteroatoms. The van der Waals surface area contributed by atoms with Crippen LogP contribution < -0.4 is 15.0 Å². The Labute approximate surface area is 221 Å². The van der Waals surface area contributed by atoms with Crippen molar-refractivity contribution in [2.75, 3.05) is 19.9 Å². The van der Waals surface area contributed by atoms with E-state index in [-0.39, 0.29) is 18.4 Å². The van der Waals surface area contributed by atoms with Crippen molar-refractivity contribution in [3.05, 3.63) is 28.4 Å². The third-order valence-electron chi connectivity index (χ3n) is 6.08. The predicted octanol–water partition coefficient (Wildman–Crippen LogP) is 4.92. The third kappa shape index (κ3) is 5.49. The number of rotatable bonds is 5. The van der Waals surface area contributed by atoms with Crippen LogP contribution in [0, 0.1) is 11.3 Å². The van der Waals surface area contributed by atoms with Crippen LogP contribution >= 0.6 is 27.7 Å². The van der Waals surface area contributed by atoms with E-state index in [1.54, 1.807) is 6.33 Å². The van der Waals surface area contributed by atoms with Crippen molar-refractivity contribution in [2.24, 2.45) is 5.92 Å². The van der Waals surface area contributed by atoms with Crippen LogP contribution in [-0.2, 0) is 11.3 Å². The number of imidazole rings is 1. The zero-order valence-corrected chi connectivity index (χ0v) is 22.9. The van der Waals surface area contributed by atoms with E-state index >= 15 is 0 Å². The Kier molecular flexibility index (Phi) is 6.90. The van der Waals surface area contributed by atoms with E-state index in [0.29, 0.717) is 46.8 Å². The van der Waals surface area contributed by atoms with Crippen LogP contribution in [0.2, 0.25) is 0 Å². The number of H-pyrrole nitrogens is 1. The number of piperidine rings is 1. The second-order valence-electron chi connectivity index (χ2n) is 9.99. The summed E-state index contributed by atoms with van der Waals surface area (Å²) in [6.45, 7) is 7.98. The van der Waals surface area contributed by atoms with E-state index in [1.807, 2.05) is 42.4 Å². The maximum absolute atomic E-state index is 12.5. The van der Waals surface area contributed by atoms with Gasteiger partial charge >= 0.3 is 6.09 Å². The van der Waals surface area contributed by atoms with Gasteiger partial charge in [-0.15, -0.1) is 0 Å². The molecule has 1 amide bonds. The average Bonchev–Trinajstić information content (AvgIpc) is 3.45. The molecule has 1 aromatic carbocycles. The standard InChI is InChI=1S/C24H29BrN6O4S/c1-24(2,3)35-23(32)30-7-4-5-14(11-30)6-8-31-12-27-20(26)19-21(31)29-22(28-19)36-18-10-17-16(9-15(18)25)33-13-34-17/h9-10,12,14,26H,4-8,11,13H2,1-3H3,(H,28,29)/t14-/m1/s1. The third-order valence-corrected chi connectivity index (χ3v) is 7.94. The number of nitrogens with one attached hydrogen (secondary N) is 2. The number of carbonyl (C=O) groups is 1. The quantitative estimate of drug-likeness (QED) is 0.442. The highest BCUT2D eigenvalue weighted by atomic mass is 79.9. The molecule has 1 fully saturated rings. The number of nitrogens with zero attached hydrogens (tertiary/aromatic N) is 4. The lowest BCUT2D eigenvalue weighted by Crippen LogP contribution is -2.43. The molecule has 4 heterocycles. The molecule has 192 valence electrons. The number of ether oxygens (including phenoxy) is 3. The summed E-state index contributed by atoms with van der Waals surface area (Å²) in [5.41, 5.74) is 0.935. The zero-order valence-electron chi connectivity index (χ0n) is 20.5. The molecular weight excluding hydrogens is 548 g/mol. The Morgan fingerprint density at radius 1 is 1.33 bits per heavy atom. The van der Waals surface area contributed by atoms with E-state index < -0.39 is 5.60 Å². The van der Waals surface area contributed by atoms with Gasteiger partial charge in [-0.2, -0.15) is 0 Å². The number of benzene rings is 1. The first-order chi connectivity index (χ1) is 17.2. The minimum Gasteiger partial charge on any atom is -0.454 e. The molecule has 36 heavy (non-hydrogen) atoms. The van der Waals surface area contributed by atoms with Gasteiger partial charge in [0, 0.05) is 29.0 Å². The number of hydrogen-bond acceptors (Lipinski definition) is 8. The number of aromatic amines is 1. The molecule has 10 nitrogen and oxygen atoms in total. The number of amides is 1. The minimum absolute atomic E-state index is 0.152. The highest BCUT2D eigenvalue weighted by Crippen LogP contribution is 2.42. The molecule has 0 bridgehead atoms. The van der Waals surface area contributed by atoms with Gasteiger partial charge in [-0.05, 0) is 74.0 Å². The molecule has 0 unspecified atom stereocenters. The number of hydrogen-bond donors (Lipinski definition) is 2. The summed E-state index contributed by atoms with van der Waals surface area (Å²) >= 11 is 5.04. The van der Waals surface area contributed by atoms with Gasteiger partial charge < -0.3 is 28.7 Å². The fourth-order valence-electron chi connectivity index (χ4n) is 4.37. The molecule has 0 spiro atoms. The molecule has 2 N–H and O–H groups in total. The van der Waals surface area contributed by atoms with Gasteiger partial charge in [-0.3, -0.25) is 5.41 Å². The number of halogens is 1. The van der Waals surface area contributed by atoms with Crippen molar-refractivity contribution in [2.45, 2.75) is 62.2 Å². The first kappa shape index (κ1) is 24.9. The van der Waals surface area contributed by atoms with E-state index in [0.717, 1.165) is 35.2 Å². The molecule has 2 aromatic heterocycles. The monoisotopic (exact) mass is 576 g/mol. The molecule has 1 atom stereocenters. The maximum atomic E-state index is 12.5. The first-order valence-electron chi connectivity index (χ1n) is 11.9. The SMILES string of the molecule is CC(C)(C)OC(=O)N1CCC[C@H](CCn2cnc(=N)c3[nH]c(Sc4cc5c(cc4Br)OCO5)nc32)C1. The summed E-state index contributed by atoms with van der Waals surface area (Å²) in [6.07, 6.45) is 4.33. The number of aromatic nitrogens is 4. The Balaban J connectivity index is 1.29. The van der Waals surface area contributed by atoms with Crippen molar-refractivity contribution in [3.63, 3.8) is 0 Å². The molecule has 0 saturated carbocycles. The van der Waals surface area contributed by atoms with Gasteiger partial charge in [-0.25, -0.2) is 14.8 Å². The molecule has 1 saturated heterocycles. The molecule has 2 aliphatic rings. The molecular formula is C24H29BrN6O4S. The topological polar surface area (TPSA) is 118 Å². The van der Waals surface area contributed by atoms with Gasteiger partial charge in [-0.1, -0.05) is 11.8 Å². The minimum atomic E-state index is -0.499. The van der Waals surface area contributed by atoms with Crippen molar-refractivity contribution in [1.82, 2.24) is 24.4 Å². The lowest BCUT2D eigenvalue weighted by Gasteiger charge is -2.34. The Hall–Kier alpha value is -2.73. The second-order valence-corrected chi connectivity index (χ2v) is 11.9. The van der Waals surface area contributed by atoms with Gasteiger partial charge in [0.15, 0.2) is 27.8 Å². The van der Waals surface area contributed by atoms with E-state index in [9.17, 15) is 4.79 Å². The van der Waals surface area contributed by atoms with Gasteiger partial charge in [0.1, 0.15) is 11.1 Å². The van der Waals surface area contributed by atoms with E-state index in [2.05, 4.69) is 25.9 Å². The van der Waals surface area contributed by atoms with Crippen molar-refractivity contribution in [3.8, 4) is 11.5 Å². The lowest BCUT2D eigenvalue weighted by atomic mass is 9.95. The number of likely N-dealkylation sites (tertiary alicyclic amines) is 1. The van der Waals surface area contributed by atoms with Crippen LogP contribution in [0.25, 0.3) is 11.2 Å². The first-order valence-corrected chi connectivity index (χ1v) is 13.5.